The van der Waals surface area contributed by atoms with Crippen LogP contribution < -0.4 is 0 Å². The number of nitriles is 1. The molecule has 0 saturated heterocycles. The van der Waals surface area contributed by atoms with Crippen LogP contribution in [0.15, 0.2) is 71.8 Å². The van der Waals surface area contributed by atoms with E-state index in [0.717, 1.165) is 17.9 Å². The zero-order valence-corrected chi connectivity index (χ0v) is 15.6. The van der Waals surface area contributed by atoms with Crippen molar-refractivity contribution in [2.45, 2.75) is 29.5 Å². The summed E-state index contributed by atoms with van der Waals surface area (Å²) in [5.74, 6) is 0.976. The number of fused-ring (bicyclic) bond motifs is 1. The van der Waals surface area contributed by atoms with E-state index >= 15 is 0 Å². The van der Waals surface area contributed by atoms with Gasteiger partial charge in [0.25, 0.3) is 0 Å². The molecule has 4 heteroatoms. The molecule has 0 spiro atoms. The van der Waals surface area contributed by atoms with Gasteiger partial charge in [0.05, 0.1) is 11.3 Å². The Labute approximate surface area is 163 Å². The lowest BCUT2D eigenvalue weighted by Crippen LogP contribution is -2.20. The lowest BCUT2D eigenvalue weighted by Gasteiger charge is -2.24. The molecular formula is C23H18N2OS. The summed E-state index contributed by atoms with van der Waals surface area (Å²) in [6, 6.07) is 24.2. The minimum atomic E-state index is 0.0775. The van der Waals surface area contributed by atoms with Crippen molar-refractivity contribution in [1.29, 1.82) is 5.26 Å². The zero-order valence-electron chi connectivity index (χ0n) is 14.8. The largest absolute Gasteiger partial charge is 0.294 e. The molecule has 1 unspecified atom stereocenters. The number of pyridine rings is 1. The first-order chi connectivity index (χ1) is 13.2. The quantitative estimate of drug-likeness (QED) is 0.595. The molecule has 27 heavy (non-hydrogen) atoms. The Morgan fingerprint density at radius 3 is 2.44 bits per heavy atom. The molecule has 1 atom stereocenters. The van der Waals surface area contributed by atoms with Gasteiger partial charge in [0.2, 0.25) is 0 Å². The van der Waals surface area contributed by atoms with E-state index < -0.39 is 0 Å². The number of carbonyl (C=O) groups excluding carboxylic acids is 1. The van der Waals surface area contributed by atoms with E-state index in [1.54, 1.807) is 17.8 Å². The van der Waals surface area contributed by atoms with Crippen molar-refractivity contribution >= 4 is 17.5 Å². The molecular weight excluding hydrogens is 352 g/mol. The summed E-state index contributed by atoms with van der Waals surface area (Å²) in [5.41, 5.74) is 4.27. The number of benzene rings is 2. The standard InChI is InChI=1S/C23H18N2OS/c24-14-19-11-20-21(25-23(19)27-15-16-7-3-1-4-8-16)12-18(13-22(20)26)17-9-5-2-6-10-17/h1-11,18H,12-13,15H2. The minimum Gasteiger partial charge on any atom is -0.294 e. The van der Waals surface area contributed by atoms with E-state index in [1.807, 2.05) is 36.4 Å². The van der Waals surface area contributed by atoms with Gasteiger partial charge in [0, 0.05) is 17.7 Å². The van der Waals surface area contributed by atoms with Gasteiger partial charge >= 0.3 is 0 Å². The number of ketones is 1. The van der Waals surface area contributed by atoms with E-state index in [0.29, 0.717) is 22.6 Å². The topological polar surface area (TPSA) is 53.8 Å². The first kappa shape index (κ1) is 17.5. The summed E-state index contributed by atoms with van der Waals surface area (Å²) < 4.78 is 0. The van der Waals surface area contributed by atoms with Crippen LogP contribution in [0.25, 0.3) is 0 Å². The van der Waals surface area contributed by atoms with Crippen LogP contribution >= 0.6 is 11.8 Å². The van der Waals surface area contributed by atoms with Crippen LogP contribution in [0.5, 0.6) is 0 Å². The van der Waals surface area contributed by atoms with Crippen LogP contribution in [0.2, 0.25) is 0 Å². The average molecular weight is 370 g/mol. The summed E-state index contributed by atoms with van der Waals surface area (Å²) in [7, 11) is 0. The molecule has 132 valence electrons. The molecule has 2 aromatic carbocycles. The van der Waals surface area contributed by atoms with E-state index in [-0.39, 0.29) is 11.7 Å². The van der Waals surface area contributed by atoms with E-state index in [4.69, 9.17) is 4.98 Å². The van der Waals surface area contributed by atoms with Gasteiger partial charge in [-0.25, -0.2) is 4.98 Å². The summed E-state index contributed by atoms with van der Waals surface area (Å²) >= 11 is 1.55. The third-order valence-electron chi connectivity index (χ3n) is 4.85. The number of hydrogen-bond acceptors (Lipinski definition) is 4. The molecule has 0 N–H and O–H groups in total. The van der Waals surface area contributed by atoms with Gasteiger partial charge in [-0.05, 0) is 29.5 Å². The van der Waals surface area contributed by atoms with Crippen LogP contribution in [-0.2, 0) is 12.2 Å². The Balaban J connectivity index is 1.63. The van der Waals surface area contributed by atoms with Crippen LogP contribution in [0.3, 0.4) is 0 Å². The average Bonchev–Trinajstić information content (AvgIpc) is 2.73. The molecule has 1 aromatic heterocycles. The number of rotatable bonds is 4. The molecule has 4 rings (SSSR count). The predicted molar refractivity (Wildman–Crippen MR) is 107 cm³/mol. The van der Waals surface area contributed by atoms with Crippen molar-refractivity contribution in [3.8, 4) is 6.07 Å². The van der Waals surface area contributed by atoms with E-state index in [2.05, 4.69) is 30.3 Å². The summed E-state index contributed by atoms with van der Waals surface area (Å²) in [4.78, 5) is 17.4. The predicted octanol–water partition coefficient (Wildman–Crippen LogP) is 5.16. The number of carbonyl (C=O) groups is 1. The Morgan fingerprint density at radius 2 is 1.74 bits per heavy atom. The Hall–Kier alpha value is -2.90. The zero-order chi connectivity index (χ0) is 18.6. The molecule has 0 saturated carbocycles. The van der Waals surface area contributed by atoms with E-state index in [9.17, 15) is 10.1 Å². The first-order valence-corrected chi connectivity index (χ1v) is 9.92. The normalized spacial score (nSPS) is 15.8. The van der Waals surface area contributed by atoms with Gasteiger partial charge < -0.3 is 0 Å². The molecule has 0 radical (unpaired) electrons. The molecule has 3 nitrogen and oxygen atoms in total. The smallest absolute Gasteiger partial charge is 0.165 e. The molecule has 0 fully saturated rings. The fourth-order valence-corrected chi connectivity index (χ4v) is 4.38. The molecule has 0 amide bonds. The lowest BCUT2D eigenvalue weighted by atomic mass is 9.81. The SMILES string of the molecule is N#Cc1cc2c(nc1SCc1ccccc1)CC(c1ccccc1)CC2=O. The highest BCUT2D eigenvalue weighted by molar-refractivity contribution is 7.98. The highest BCUT2D eigenvalue weighted by Gasteiger charge is 2.28. The molecule has 3 aromatic rings. The minimum absolute atomic E-state index is 0.0775. The second-order valence-corrected chi connectivity index (χ2v) is 7.62. The third-order valence-corrected chi connectivity index (χ3v) is 5.91. The molecule has 0 aliphatic heterocycles. The number of Topliss-reactive ketones (excluding diaryl/α,β-unsaturated/α-hetero) is 1. The second-order valence-electron chi connectivity index (χ2n) is 6.66. The van der Waals surface area contributed by atoms with Crippen molar-refractivity contribution in [3.63, 3.8) is 0 Å². The molecule has 1 heterocycles. The number of hydrogen-bond donors (Lipinski definition) is 0. The fourth-order valence-electron chi connectivity index (χ4n) is 3.45. The van der Waals surface area contributed by atoms with Gasteiger partial charge in [0.15, 0.2) is 5.78 Å². The summed E-state index contributed by atoms with van der Waals surface area (Å²) in [6.07, 6.45) is 1.20. The maximum absolute atomic E-state index is 12.7. The number of thioether (sulfide) groups is 1. The van der Waals surface area contributed by atoms with Crippen molar-refractivity contribution in [2.75, 3.05) is 0 Å². The van der Waals surface area contributed by atoms with Crippen LogP contribution in [0.4, 0.5) is 0 Å². The molecule has 1 aliphatic rings. The fraction of sp³-hybridized carbons (Fsp3) is 0.174. The summed E-state index contributed by atoms with van der Waals surface area (Å²) in [5, 5.41) is 10.2. The van der Waals surface area contributed by atoms with Crippen molar-refractivity contribution in [3.05, 3.63) is 94.7 Å². The monoisotopic (exact) mass is 370 g/mol. The third kappa shape index (κ3) is 3.79. The lowest BCUT2D eigenvalue weighted by molar-refractivity contribution is 0.0963. The Morgan fingerprint density at radius 1 is 1.04 bits per heavy atom. The summed E-state index contributed by atoms with van der Waals surface area (Å²) in [6.45, 7) is 0. The maximum atomic E-state index is 12.7. The number of nitrogens with zero attached hydrogens (tertiary/aromatic N) is 2. The Kier molecular flexibility index (Phi) is 5.04. The van der Waals surface area contributed by atoms with Gasteiger partial charge in [-0.1, -0.05) is 60.7 Å². The second kappa shape index (κ2) is 7.77. The van der Waals surface area contributed by atoms with Crippen LogP contribution in [0, 0.1) is 11.3 Å². The molecule has 1 aliphatic carbocycles. The van der Waals surface area contributed by atoms with E-state index in [1.165, 1.54) is 11.1 Å². The molecule has 0 bridgehead atoms. The Bertz CT molecular complexity index is 1010. The van der Waals surface area contributed by atoms with Gasteiger partial charge in [-0.3, -0.25) is 4.79 Å². The highest BCUT2D eigenvalue weighted by Crippen LogP contribution is 2.34. The van der Waals surface area contributed by atoms with Crippen molar-refractivity contribution in [1.82, 2.24) is 4.98 Å². The van der Waals surface area contributed by atoms with Crippen LogP contribution in [-0.4, -0.2) is 10.8 Å². The first-order valence-electron chi connectivity index (χ1n) is 8.93. The van der Waals surface area contributed by atoms with Crippen molar-refractivity contribution in [2.24, 2.45) is 0 Å². The van der Waals surface area contributed by atoms with Gasteiger partial charge in [0.1, 0.15) is 11.1 Å². The van der Waals surface area contributed by atoms with Gasteiger partial charge in [-0.15, -0.1) is 11.8 Å². The van der Waals surface area contributed by atoms with Gasteiger partial charge in [-0.2, -0.15) is 5.26 Å². The highest BCUT2D eigenvalue weighted by atomic mass is 32.2. The van der Waals surface area contributed by atoms with Crippen molar-refractivity contribution < 1.29 is 4.79 Å². The van der Waals surface area contributed by atoms with Crippen LogP contribution in [0.1, 0.15) is 45.1 Å². The number of aromatic nitrogens is 1. The maximum Gasteiger partial charge on any atom is 0.165 e.